The van der Waals surface area contributed by atoms with Gasteiger partial charge in [-0.3, -0.25) is 0 Å². The summed E-state index contributed by atoms with van der Waals surface area (Å²) in [5.41, 5.74) is 1.11. The maximum Gasteiger partial charge on any atom is 0.128 e. The third-order valence-corrected chi connectivity index (χ3v) is 3.24. The van der Waals surface area contributed by atoms with E-state index in [9.17, 15) is 8.78 Å². The zero-order valence-electron chi connectivity index (χ0n) is 9.18. The maximum absolute atomic E-state index is 13.0. The molecule has 0 aliphatic rings. The molecule has 1 nitrogen and oxygen atoms in total. The van der Waals surface area contributed by atoms with Crippen LogP contribution < -0.4 is 5.32 Å². The van der Waals surface area contributed by atoms with Crippen LogP contribution in [0.4, 0.5) is 14.5 Å². The largest absolute Gasteiger partial charge is 0.381 e. The van der Waals surface area contributed by atoms with Gasteiger partial charge in [-0.1, -0.05) is 35.3 Å². The average Bonchev–Trinajstić information content (AvgIpc) is 2.30. The first kappa shape index (κ1) is 13.1. The molecule has 2 rings (SSSR count). The van der Waals surface area contributed by atoms with Crippen LogP contribution in [0, 0.1) is 11.6 Å². The van der Waals surface area contributed by atoms with Crippen LogP contribution in [0.3, 0.4) is 0 Å². The van der Waals surface area contributed by atoms with E-state index < -0.39 is 11.6 Å². The fourth-order valence-corrected chi connectivity index (χ4v) is 1.93. The van der Waals surface area contributed by atoms with Gasteiger partial charge in [0.15, 0.2) is 0 Å². The predicted octanol–water partition coefficient (Wildman–Crippen LogP) is 4.88. The minimum atomic E-state index is -0.630. The fourth-order valence-electron chi connectivity index (χ4n) is 1.54. The molecule has 0 aliphatic carbocycles. The number of halogens is 4. The van der Waals surface area contributed by atoms with Crippen LogP contribution in [0.5, 0.6) is 0 Å². The Labute approximate surface area is 113 Å². The van der Waals surface area contributed by atoms with E-state index in [1.807, 2.05) is 0 Å². The van der Waals surface area contributed by atoms with Crippen molar-refractivity contribution in [1.29, 1.82) is 0 Å². The number of hydrogen-bond donors (Lipinski definition) is 1. The highest BCUT2D eigenvalue weighted by molar-refractivity contribution is 6.42. The third-order valence-electron chi connectivity index (χ3n) is 2.38. The topological polar surface area (TPSA) is 12.0 Å². The first-order valence-electron chi connectivity index (χ1n) is 5.19. The van der Waals surface area contributed by atoms with Crippen molar-refractivity contribution in [3.8, 4) is 0 Å². The summed E-state index contributed by atoms with van der Waals surface area (Å²) in [5.74, 6) is -1.26. The molecule has 0 saturated carbocycles. The summed E-state index contributed by atoms with van der Waals surface area (Å²) in [6.07, 6.45) is 0. The van der Waals surface area contributed by atoms with Crippen molar-refractivity contribution in [3.05, 3.63) is 63.6 Å². The molecule has 94 valence electrons. The molecular weight excluding hydrogens is 279 g/mol. The lowest BCUT2D eigenvalue weighted by Crippen LogP contribution is -2.01. The van der Waals surface area contributed by atoms with Crippen LogP contribution >= 0.6 is 23.2 Å². The molecule has 2 aromatic carbocycles. The summed E-state index contributed by atoms with van der Waals surface area (Å²) in [6.45, 7) is 0.336. The first-order chi connectivity index (χ1) is 8.56. The third kappa shape index (κ3) is 3.12. The summed E-state index contributed by atoms with van der Waals surface area (Å²) in [7, 11) is 0. The van der Waals surface area contributed by atoms with E-state index in [2.05, 4.69) is 5.32 Å². The second-order valence-corrected chi connectivity index (χ2v) is 4.51. The normalized spacial score (nSPS) is 10.4. The molecule has 0 bridgehead atoms. The molecule has 0 spiro atoms. The quantitative estimate of drug-likeness (QED) is 0.848. The molecule has 0 saturated heterocycles. The van der Waals surface area contributed by atoms with Gasteiger partial charge in [0.05, 0.1) is 10.0 Å². The lowest BCUT2D eigenvalue weighted by atomic mass is 10.2. The minimum absolute atomic E-state index is 0.336. The van der Waals surface area contributed by atoms with Crippen molar-refractivity contribution >= 4 is 28.9 Å². The highest BCUT2D eigenvalue weighted by Crippen LogP contribution is 2.26. The lowest BCUT2D eigenvalue weighted by molar-refractivity contribution is 0.584. The Balaban J connectivity index is 2.14. The summed E-state index contributed by atoms with van der Waals surface area (Å²) < 4.78 is 25.9. The highest BCUT2D eigenvalue weighted by Gasteiger charge is 2.05. The molecule has 0 amide bonds. The smallest absolute Gasteiger partial charge is 0.128 e. The van der Waals surface area contributed by atoms with E-state index >= 15 is 0 Å². The molecule has 0 aromatic heterocycles. The van der Waals surface area contributed by atoms with Crippen LogP contribution in [0.2, 0.25) is 10.0 Å². The number of benzene rings is 2. The van der Waals surface area contributed by atoms with Gasteiger partial charge in [0.25, 0.3) is 0 Å². The molecule has 5 heteroatoms. The molecule has 0 atom stereocenters. The van der Waals surface area contributed by atoms with Crippen molar-refractivity contribution in [2.75, 3.05) is 5.32 Å². The van der Waals surface area contributed by atoms with Crippen molar-refractivity contribution in [2.45, 2.75) is 6.54 Å². The fraction of sp³-hybridized carbons (Fsp3) is 0.0769. The second-order valence-electron chi connectivity index (χ2n) is 3.72. The Morgan fingerprint density at radius 1 is 1.00 bits per heavy atom. The molecule has 2 aromatic rings. The van der Waals surface area contributed by atoms with Gasteiger partial charge >= 0.3 is 0 Å². The maximum atomic E-state index is 13.0. The van der Waals surface area contributed by atoms with E-state index in [4.69, 9.17) is 23.2 Å². The highest BCUT2D eigenvalue weighted by atomic mass is 35.5. The molecule has 18 heavy (non-hydrogen) atoms. The Morgan fingerprint density at radius 3 is 2.33 bits per heavy atom. The summed E-state index contributed by atoms with van der Waals surface area (Å²) in [6, 6.07) is 8.46. The van der Waals surface area contributed by atoms with Crippen molar-refractivity contribution in [1.82, 2.24) is 0 Å². The Morgan fingerprint density at radius 2 is 1.67 bits per heavy atom. The number of anilines is 1. The van der Waals surface area contributed by atoms with Gasteiger partial charge in [0, 0.05) is 18.3 Å². The van der Waals surface area contributed by atoms with E-state index in [1.165, 1.54) is 12.1 Å². The van der Waals surface area contributed by atoms with Gasteiger partial charge in [-0.2, -0.15) is 0 Å². The van der Waals surface area contributed by atoms with Gasteiger partial charge in [-0.15, -0.1) is 0 Å². The van der Waals surface area contributed by atoms with Gasteiger partial charge in [0.2, 0.25) is 0 Å². The summed E-state index contributed by atoms with van der Waals surface area (Å²) in [5, 5.41) is 3.77. The Kier molecular flexibility index (Phi) is 4.04. The van der Waals surface area contributed by atoms with Crippen LogP contribution in [0.15, 0.2) is 36.4 Å². The minimum Gasteiger partial charge on any atom is -0.381 e. The first-order valence-corrected chi connectivity index (χ1v) is 5.95. The average molecular weight is 288 g/mol. The van der Waals surface area contributed by atoms with Crippen molar-refractivity contribution < 1.29 is 8.78 Å². The molecule has 0 aliphatic heterocycles. The summed E-state index contributed by atoms with van der Waals surface area (Å²) >= 11 is 11.9. The van der Waals surface area contributed by atoms with Crippen molar-refractivity contribution in [3.63, 3.8) is 0 Å². The standard InChI is InChI=1S/C13H9Cl2F2N/c14-12-3-1-2-8(13(12)15)7-18-11-5-9(16)4-10(17)6-11/h1-6,18H,7H2. The zero-order chi connectivity index (χ0) is 13.1. The number of hydrogen-bond acceptors (Lipinski definition) is 1. The molecule has 0 radical (unpaired) electrons. The molecular formula is C13H9Cl2F2N. The van der Waals surface area contributed by atoms with Crippen LogP contribution in [0.1, 0.15) is 5.56 Å². The molecule has 0 heterocycles. The number of rotatable bonds is 3. The number of nitrogens with one attached hydrogen (secondary N) is 1. The van der Waals surface area contributed by atoms with E-state index in [1.54, 1.807) is 18.2 Å². The van der Waals surface area contributed by atoms with Gasteiger partial charge in [0.1, 0.15) is 11.6 Å². The molecule has 0 fully saturated rings. The zero-order valence-corrected chi connectivity index (χ0v) is 10.7. The monoisotopic (exact) mass is 287 g/mol. The van der Waals surface area contributed by atoms with E-state index in [0.29, 0.717) is 22.3 Å². The van der Waals surface area contributed by atoms with E-state index in [-0.39, 0.29) is 0 Å². The predicted molar refractivity (Wildman–Crippen MR) is 70.1 cm³/mol. The summed E-state index contributed by atoms with van der Waals surface area (Å²) in [4.78, 5) is 0. The lowest BCUT2D eigenvalue weighted by Gasteiger charge is -2.09. The van der Waals surface area contributed by atoms with Crippen LogP contribution in [0.25, 0.3) is 0 Å². The SMILES string of the molecule is Fc1cc(F)cc(NCc2cccc(Cl)c2Cl)c1. The van der Waals surface area contributed by atoms with Gasteiger partial charge < -0.3 is 5.32 Å². The van der Waals surface area contributed by atoms with E-state index in [0.717, 1.165) is 11.6 Å². The van der Waals surface area contributed by atoms with Crippen LogP contribution in [-0.4, -0.2) is 0 Å². The Bertz CT molecular complexity index is 553. The van der Waals surface area contributed by atoms with Crippen molar-refractivity contribution in [2.24, 2.45) is 0 Å². The second kappa shape index (κ2) is 5.55. The van der Waals surface area contributed by atoms with Gasteiger partial charge in [-0.25, -0.2) is 8.78 Å². The van der Waals surface area contributed by atoms with Crippen LogP contribution in [-0.2, 0) is 6.54 Å². The Hall–Kier alpha value is -1.32. The molecule has 1 N–H and O–H groups in total. The van der Waals surface area contributed by atoms with Gasteiger partial charge in [-0.05, 0) is 23.8 Å². The molecule has 0 unspecified atom stereocenters.